The Morgan fingerprint density at radius 3 is 2.83 bits per heavy atom. The number of aromatic nitrogens is 1. The Bertz CT molecular complexity index is 865. The SMILES string of the molecule is CCc1cccc(C)c1NC(=O)c1c[nH]c2ccc(OC)cc12. The quantitative estimate of drug-likeness (QED) is 0.755. The van der Waals surface area contributed by atoms with Gasteiger partial charge in [0.15, 0.2) is 0 Å². The first-order valence-corrected chi connectivity index (χ1v) is 7.69. The first kappa shape index (κ1) is 15.2. The number of nitrogens with one attached hydrogen (secondary N) is 2. The number of carbonyl (C=O) groups is 1. The molecule has 0 spiro atoms. The number of amides is 1. The number of anilines is 1. The number of fused-ring (bicyclic) bond motifs is 1. The van der Waals surface area contributed by atoms with Crippen LogP contribution in [0.1, 0.15) is 28.4 Å². The predicted octanol–water partition coefficient (Wildman–Crippen LogP) is 4.30. The number of hydrogen-bond acceptors (Lipinski definition) is 2. The molecule has 1 amide bonds. The maximum atomic E-state index is 12.7. The second-order valence-electron chi connectivity index (χ2n) is 5.53. The van der Waals surface area contributed by atoms with Crippen molar-refractivity contribution in [1.82, 2.24) is 4.98 Å². The highest BCUT2D eigenvalue weighted by molar-refractivity contribution is 6.13. The maximum Gasteiger partial charge on any atom is 0.257 e. The van der Waals surface area contributed by atoms with Gasteiger partial charge in [0.25, 0.3) is 5.91 Å². The van der Waals surface area contributed by atoms with Crippen LogP contribution in [0, 0.1) is 6.92 Å². The number of carbonyl (C=O) groups excluding carboxylic acids is 1. The molecule has 2 aromatic carbocycles. The fraction of sp³-hybridized carbons (Fsp3) is 0.211. The third kappa shape index (κ3) is 2.80. The van der Waals surface area contributed by atoms with Gasteiger partial charge in [-0.2, -0.15) is 0 Å². The predicted molar refractivity (Wildman–Crippen MR) is 93.4 cm³/mol. The van der Waals surface area contributed by atoms with Crippen LogP contribution in [0.25, 0.3) is 10.9 Å². The summed E-state index contributed by atoms with van der Waals surface area (Å²) in [6.07, 6.45) is 2.61. The molecular formula is C19H20N2O2. The largest absolute Gasteiger partial charge is 0.497 e. The molecule has 0 aliphatic carbocycles. The highest BCUT2D eigenvalue weighted by Crippen LogP contribution is 2.26. The van der Waals surface area contributed by atoms with Crippen LogP contribution in [-0.4, -0.2) is 18.0 Å². The van der Waals surface area contributed by atoms with E-state index in [1.54, 1.807) is 13.3 Å². The molecule has 0 aliphatic heterocycles. The molecule has 0 atom stereocenters. The number of rotatable bonds is 4. The van der Waals surface area contributed by atoms with Gasteiger partial charge in [-0.05, 0) is 42.7 Å². The van der Waals surface area contributed by atoms with Crippen LogP contribution in [0.4, 0.5) is 5.69 Å². The summed E-state index contributed by atoms with van der Waals surface area (Å²) in [6.45, 7) is 4.09. The van der Waals surface area contributed by atoms with Gasteiger partial charge >= 0.3 is 0 Å². The van der Waals surface area contributed by atoms with Crippen LogP contribution in [-0.2, 0) is 6.42 Å². The summed E-state index contributed by atoms with van der Waals surface area (Å²) in [5.74, 6) is 0.616. The minimum absolute atomic E-state index is 0.117. The highest BCUT2D eigenvalue weighted by atomic mass is 16.5. The lowest BCUT2D eigenvalue weighted by atomic mass is 10.1. The first-order chi connectivity index (χ1) is 11.1. The van der Waals surface area contributed by atoms with Gasteiger partial charge in [-0.3, -0.25) is 4.79 Å². The van der Waals surface area contributed by atoms with E-state index in [1.165, 1.54) is 0 Å². The molecule has 0 bridgehead atoms. The molecule has 23 heavy (non-hydrogen) atoms. The Morgan fingerprint density at radius 2 is 2.09 bits per heavy atom. The Kier molecular flexibility index (Phi) is 4.06. The minimum Gasteiger partial charge on any atom is -0.497 e. The van der Waals surface area contributed by atoms with Gasteiger partial charge in [0.05, 0.1) is 12.7 Å². The van der Waals surface area contributed by atoms with Crippen molar-refractivity contribution in [1.29, 1.82) is 0 Å². The fourth-order valence-corrected chi connectivity index (χ4v) is 2.80. The van der Waals surface area contributed by atoms with E-state index >= 15 is 0 Å². The highest BCUT2D eigenvalue weighted by Gasteiger charge is 2.15. The van der Waals surface area contributed by atoms with E-state index in [2.05, 4.69) is 17.2 Å². The van der Waals surface area contributed by atoms with Gasteiger partial charge < -0.3 is 15.0 Å². The van der Waals surface area contributed by atoms with Gasteiger partial charge in [-0.1, -0.05) is 25.1 Å². The zero-order chi connectivity index (χ0) is 16.4. The second kappa shape index (κ2) is 6.16. The normalized spacial score (nSPS) is 10.7. The van der Waals surface area contributed by atoms with Crippen molar-refractivity contribution in [3.8, 4) is 5.75 Å². The van der Waals surface area contributed by atoms with Crippen molar-refractivity contribution in [2.75, 3.05) is 12.4 Å². The molecule has 3 aromatic rings. The van der Waals surface area contributed by atoms with E-state index in [1.807, 2.05) is 43.3 Å². The molecule has 1 heterocycles. The van der Waals surface area contributed by atoms with Gasteiger partial charge in [0, 0.05) is 22.8 Å². The van der Waals surface area contributed by atoms with E-state index in [9.17, 15) is 4.79 Å². The van der Waals surface area contributed by atoms with Crippen molar-refractivity contribution in [3.63, 3.8) is 0 Å². The number of methoxy groups -OCH3 is 1. The summed E-state index contributed by atoms with van der Waals surface area (Å²) < 4.78 is 5.25. The number of para-hydroxylation sites is 1. The van der Waals surface area contributed by atoms with E-state index in [-0.39, 0.29) is 5.91 Å². The van der Waals surface area contributed by atoms with Crippen molar-refractivity contribution in [2.24, 2.45) is 0 Å². The molecule has 0 saturated heterocycles. The molecule has 1 aromatic heterocycles. The monoisotopic (exact) mass is 308 g/mol. The molecule has 0 radical (unpaired) electrons. The van der Waals surface area contributed by atoms with Gasteiger partial charge in [0.2, 0.25) is 0 Å². The van der Waals surface area contributed by atoms with Crippen molar-refractivity contribution in [2.45, 2.75) is 20.3 Å². The number of aryl methyl sites for hydroxylation is 2. The molecule has 118 valence electrons. The van der Waals surface area contributed by atoms with Gasteiger partial charge in [-0.15, -0.1) is 0 Å². The lowest BCUT2D eigenvalue weighted by molar-refractivity contribution is 0.102. The van der Waals surface area contributed by atoms with Crippen molar-refractivity contribution < 1.29 is 9.53 Å². The minimum atomic E-state index is -0.117. The number of hydrogen-bond donors (Lipinski definition) is 2. The van der Waals surface area contributed by atoms with E-state index in [4.69, 9.17) is 4.74 Å². The average Bonchev–Trinajstić information content (AvgIpc) is 2.99. The fourth-order valence-electron chi connectivity index (χ4n) is 2.80. The van der Waals surface area contributed by atoms with Crippen LogP contribution in [0.5, 0.6) is 5.75 Å². The van der Waals surface area contributed by atoms with Crippen LogP contribution in [0.15, 0.2) is 42.6 Å². The maximum absolute atomic E-state index is 12.7. The Balaban J connectivity index is 1.98. The molecule has 4 nitrogen and oxygen atoms in total. The summed E-state index contributed by atoms with van der Waals surface area (Å²) in [4.78, 5) is 15.9. The summed E-state index contributed by atoms with van der Waals surface area (Å²) in [5, 5.41) is 3.92. The van der Waals surface area contributed by atoms with E-state index < -0.39 is 0 Å². The summed E-state index contributed by atoms with van der Waals surface area (Å²) >= 11 is 0. The van der Waals surface area contributed by atoms with E-state index in [0.29, 0.717) is 5.56 Å². The Morgan fingerprint density at radius 1 is 1.26 bits per heavy atom. The lowest BCUT2D eigenvalue weighted by Crippen LogP contribution is -2.14. The average molecular weight is 308 g/mol. The molecule has 4 heteroatoms. The van der Waals surface area contributed by atoms with Crippen LogP contribution >= 0.6 is 0 Å². The summed E-state index contributed by atoms with van der Waals surface area (Å²) in [6, 6.07) is 11.7. The molecule has 2 N–H and O–H groups in total. The molecular weight excluding hydrogens is 288 g/mol. The van der Waals surface area contributed by atoms with Crippen molar-refractivity contribution >= 4 is 22.5 Å². The second-order valence-corrected chi connectivity index (χ2v) is 5.53. The standard InChI is InChI=1S/C19H20N2O2/c1-4-13-7-5-6-12(2)18(13)21-19(22)16-11-20-17-9-8-14(23-3)10-15(16)17/h5-11,20H,4H2,1-3H3,(H,21,22). The third-order valence-electron chi connectivity index (χ3n) is 4.11. The molecule has 0 unspecified atom stereocenters. The van der Waals surface area contributed by atoms with E-state index in [0.717, 1.165) is 39.9 Å². The Hall–Kier alpha value is -2.75. The number of H-pyrrole nitrogens is 1. The topological polar surface area (TPSA) is 54.1 Å². The van der Waals surface area contributed by atoms with Crippen LogP contribution in [0.2, 0.25) is 0 Å². The zero-order valence-corrected chi connectivity index (χ0v) is 13.6. The van der Waals surface area contributed by atoms with Gasteiger partial charge in [-0.25, -0.2) is 0 Å². The first-order valence-electron chi connectivity index (χ1n) is 7.69. The van der Waals surface area contributed by atoms with Gasteiger partial charge in [0.1, 0.15) is 5.75 Å². The number of benzene rings is 2. The molecule has 0 saturated carbocycles. The molecule has 0 fully saturated rings. The third-order valence-corrected chi connectivity index (χ3v) is 4.11. The van der Waals surface area contributed by atoms with Crippen LogP contribution in [0.3, 0.4) is 0 Å². The van der Waals surface area contributed by atoms with Crippen LogP contribution < -0.4 is 10.1 Å². The lowest BCUT2D eigenvalue weighted by Gasteiger charge is -2.12. The smallest absolute Gasteiger partial charge is 0.257 e. The summed E-state index contributed by atoms with van der Waals surface area (Å²) in [5.41, 5.74) is 4.63. The Labute approximate surface area is 135 Å². The number of ether oxygens (including phenoxy) is 1. The van der Waals surface area contributed by atoms with Crippen molar-refractivity contribution in [3.05, 3.63) is 59.3 Å². The zero-order valence-electron chi connectivity index (χ0n) is 13.6. The molecule has 0 aliphatic rings. The number of aromatic amines is 1. The summed E-state index contributed by atoms with van der Waals surface area (Å²) in [7, 11) is 1.62. The molecule has 3 rings (SSSR count).